The number of thioether (sulfide) groups is 1. The topological polar surface area (TPSA) is 49.9 Å². The van der Waals surface area contributed by atoms with Gasteiger partial charge in [0.25, 0.3) is 11.8 Å². The van der Waals surface area contributed by atoms with Crippen LogP contribution in [0, 0.1) is 5.82 Å². The van der Waals surface area contributed by atoms with Crippen molar-refractivity contribution in [1.29, 1.82) is 0 Å². The highest BCUT2D eigenvalue weighted by atomic mass is 35.5. The largest absolute Gasteiger partial charge is 0.497 e. The minimum atomic E-state index is -1.19. The van der Waals surface area contributed by atoms with Gasteiger partial charge < -0.3 is 14.5 Å². The van der Waals surface area contributed by atoms with Crippen molar-refractivity contribution >= 4 is 40.9 Å². The van der Waals surface area contributed by atoms with E-state index >= 15 is 0 Å². The van der Waals surface area contributed by atoms with Gasteiger partial charge in [-0.25, -0.2) is 4.39 Å². The molecule has 0 aliphatic carbocycles. The predicted octanol–water partition coefficient (Wildman–Crippen LogP) is 5.08. The second kappa shape index (κ2) is 8.39. The molecule has 2 amide bonds. The molecule has 2 aliphatic heterocycles. The van der Waals surface area contributed by atoms with E-state index in [1.807, 2.05) is 12.1 Å². The molecular formula is C25H20ClFN2O3S. The summed E-state index contributed by atoms with van der Waals surface area (Å²) in [6.45, 7) is 0.697. The van der Waals surface area contributed by atoms with Crippen molar-refractivity contribution in [1.82, 2.24) is 4.90 Å². The number of nitrogens with zero attached hydrogens (tertiary/aromatic N) is 2. The average Bonchev–Trinajstić information content (AvgIpc) is 3.37. The summed E-state index contributed by atoms with van der Waals surface area (Å²) in [6, 6.07) is 18.2. The molecule has 1 unspecified atom stereocenters. The number of halogens is 2. The molecule has 33 heavy (non-hydrogen) atoms. The van der Waals surface area contributed by atoms with Crippen molar-refractivity contribution in [2.24, 2.45) is 0 Å². The summed E-state index contributed by atoms with van der Waals surface area (Å²) < 4.78 is 18.9. The van der Waals surface area contributed by atoms with Gasteiger partial charge in [0, 0.05) is 28.4 Å². The molecule has 1 atom stereocenters. The van der Waals surface area contributed by atoms with Gasteiger partial charge in [0.05, 0.1) is 19.3 Å². The molecule has 1 saturated heterocycles. The van der Waals surface area contributed by atoms with E-state index in [1.165, 1.54) is 23.9 Å². The van der Waals surface area contributed by atoms with Crippen LogP contribution in [0.2, 0.25) is 5.02 Å². The molecule has 0 bridgehead atoms. The summed E-state index contributed by atoms with van der Waals surface area (Å²) in [5.74, 6) is 0.462. The maximum atomic E-state index is 14.0. The quantitative estimate of drug-likeness (QED) is 0.520. The van der Waals surface area contributed by atoms with Crippen molar-refractivity contribution in [2.75, 3.05) is 24.3 Å². The Hall–Kier alpha value is -3.03. The van der Waals surface area contributed by atoms with Gasteiger partial charge in [-0.05, 0) is 60.2 Å². The minimum absolute atomic E-state index is 0.195. The molecular weight excluding hydrogens is 463 g/mol. The summed E-state index contributed by atoms with van der Waals surface area (Å²) >= 11 is 7.44. The average molecular weight is 483 g/mol. The Morgan fingerprint density at radius 3 is 2.55 bits per heavy atom. The second-order valence-corrected chi connectivity index (χ2v) is 9.58. The lowest BCUT2D eigenvalue weighted by Crippen LogP contribution is -2.50. The Morgan fingerprint density at radius 2 is 1.85 bits per heavy atom. The number of hydrogen-bond donors (Lipinski definition) is 0. The maximum Gasteiger partial charge on any atom is 0.268 e. The van der Waals surface area contributed by atoms with Gasteiger partial charge in [-0.3, -0.25) is 9.59 Å². The molecule has 0 saturated carbocycles. The Bertz CT molecular complexity index is 1240. The number of methoxy groups -OCH3 is 1. The van der Waals surface area contributed by atoms with Crippen LogP contribution in [0.4, 0.5) is 10.1 Å². The molecule has 5 rings (SSSR count). The highest BCUT2D eigenvalue weighted by Gasteiger charge is 2.59. The molecule has 0 aromatic heterocycles. The number of carbonyl (C=O) groups excluding carboxylic acids is 2. The molecule has 1 fully saturated rings. The lowest BCUT2D eigenvalue weighted by Gasteiger charge is -2.33. The SMILES string of the molecule is COc1ccc2c(c1)C1(SCCN1C(=O)c1ccc(Cl)cc1)C(=O)N2Cc1ccc(F)cc1. The van der Waals surface area contributed by atoms with E-state index in [2.05, 4.69) is 0 Å². The standard InChI is InChI=1S/C25H20ClFN2O3S/c1-32-20-10-11-22-21(14-20)25(24(31)28(22)15-16-2-8-19(27)9-3-16)29(12-13-33-25)23(30)17-4-6-18(26)7-5-17/h2-11,14H,12-13,15H2,1H3. The van der Waals surface area contributed by atoms with Crippen LogP contribution in [0.5, 0.6) is 5.75 Å². The first kappa shape index (κ1) is 21.8. The van der Waals surface area contributed by atoms with Gasteiger partial charge >= 0.3 is 0 Å². The molecule has 0 radical (unpaired) electrons. The van der Waals surface area contributed by atoms with Crippen LogP contribution >= 0.6 is 23.4 Å². The van der Waals surface area contributed by atoms with Gasteiger partial charge in [0.15, 0.2) is 4.87 Å². The van der Waals surface area contributed by atoms with E-state index in [0.717, 1.165) is 11.1 Å². The third-order valence-electron chi connectivity index (χ3n) is 5.99. The minimum Gasteiger partial charge on any atom is -0.497 e. The van der Waals surface area contributed by atoms with Crippen LogP contribution in [0.25, 0.3) is 0 Å². The molecule has 3 aromatic rings. The van der Waals surface area contributed by atoms with Crippen LogP contribution in [-0.2, 0) is 16.2 Å². The zero-order chi connectivity index (χ0) is 23.2. The Kier molecular flexibility index (Phi) is 5.54. The summed E-state index contributed by atoms with van der Waals surface area (Å²) in [7, 11) is 1.57. The fourth-order valence-corrected chi connectivity index (χ4v) is 5.98. The summed E-state index contributed by atoms with van der Waals surface area (Å²) in [5.41, 5.74) is 2.70. The van der Waals surface area contributed by atoms with Crippen molar-refractivity contribution in [3.63, 3.8) is 0 Å². The number of ether oxygens (including phenoxy) is 1. The molecule has 5 nitrogen and oxygen atoms in total. The highest BCUT2D eigenvalue weighted by Crippen LogP contribution is 2.55. The number of rotatable bonds is 4. The zero-order valence-electron chi connectivity index (χ0n) is 17.8. The first-order valence-electron chi connectivity index (χ1n) is 10.4. The van der Waals surface area contributed by atoms with Gasteiger partial charge in [-0.15, -0.1) is 11.8 Å². The van der Waals surface area contributed by atoms with E-state index in [-0.39, 0.29) is 24.2 Å². The van der Waals surface area contributed by atoms with E-state index in [4.69, 9.17) is 16.3 Å². The highest BCUT2D eigenvalue weighted by molar-refractivity contribution is 8.01. The lowest BCUT2D eigenvalue weighted by atomic mass is 10.0. The number of hydrogen-bond acceptors (Lipinski definition) is 4. The number of carbonyl (C=O) groups is 2. The van der Waals surface area contributed by atoms with Crippen molar-refractivity contribution in [3.05, 3.63) is 94.3 Å². The molecule has 0 N–H and O–H groups in total. The van der Waals surface area contributed by atoms with Gasteiger partial charge in [-0.1, -0.05) is 23.7 Å². The molecule has 1 spiro atoms. The van der Waals surface area contributed by atoms with Crippen LogP contribution in [0.3, 0.4) is 0 Å². The van der Waals surface area contributed by atoms with E-state index < -0.39 is 4.87 Å². The van der Waals surface area contributed by atoms with E-state index in [0.29, 0.717) is 34.3 Å². The predicted molar refractivity (Wildman–Crippen MR) is 127 cm³/mol. The zero-order valence-corrected chi connectivity index (χ0v) is 19.3. The van der Waals surface area contributed by atoms with Crippen molar-refractivity contribution in [2.45, 2.75) is 11.4 Å². The van der Waals surface area contributed by atoms with Gasteiger partial charge in [0.1, 0.15) is 11.6 Å². The first-order chi connectivity index (χ1) is 15.9. The summed E-state index contributed by atoms with van der Waals surface area (Å²) in [5, 5.41) is 0.537. The van der Waals surface area contributed by atoms with Crippen LogP contribution in [0.1, 0.15) is 21.5 Å². The molecule has 3 aromatic carbocycles. The Balaban J connectivity index is 1.60. The first-order valence-corrected chi connectivity index (χ1v) is 11.8. The normalized spacial score (nSPS) is 19.3. The Labute approximate surface area is 200 Å². The molecule has 2 aliphatic rings. The van der Waals surface area contributed by atoms with Crippen molar-refractivity contribution < 1.29 is 18.7 Å². The number of benzene rings is 3. The van der Waals surface area contributed by atoms with Crippen molar-refractivity contribution in [3.8, 4) is 5.75 Å². The third-order valence-corrected chi connectivity index (χ3v) is 7.66. The summed E-state index contributed by atoms with van der Waals surface area (Å²) in [4.78, 5) is 29.7. The molecule has 168 valence electrons. The lowest BCUT2D eigenvalue weighted by molar-refractivity contribution is -0.123. The maximum absolute atomic E-state index is 14.0. The fraction of sp³-hybridized carbons (Fsp3) is 0.200. The number of fused-ring (bicyclic) bond motifs is 2. The second-order valence-electron chi connectivity index (χ2n) is 7.86. The van der Waals surface area contributed by atoms with Crippen LogP contribution < -0.4 is 9.64 Å². The van der Waals surface area contributed by atoms with Gasteiger partial charge in [0.2, 0.25) is 0 Å². The van der Waals surface area contributed by atoms with Crippen LogP contribution in [-0.4, -0.2) is 36.1 Å². The number of anilines is 1. The van der Waals surface area contributed by atoms with E-state index in [1.54, 1.807) is 59.4 Å². The Morgan fingerprint density at radius 1 is 1.12 bits per heavy atom. The van der Waals surface area contributed by atoms with E-state index in [9.17, 15) is 14.0 Å². The summed E-state index contributed by atoms with van der Waals surface area (Å²) in [6.07, 6.45) is 0. The number of amides is 2. The smallest absolute Gasteiger partial charge is 0.268 e. The third kappa shape index (κ3) is 3.56. The molecule has 2 heterocycles. The molecule has 8 heteroatoms. The van der Waals surface area contributed by atoms with Gasteiger partial charge in [-0.2, -0.15) is 0 Å². The fourth-order valence-electron chi connectivity index (χ4n) is 4.40. The monoisotopic (exact) mass is 482 g/mol. The van der Waals surface area contributed by atoms with Crippen LogP contribution in [0.15, 0.2) is 66.7 Å².